The first kappa shape index (κ1) is 14.6. The number of aryl methyl sites for hydroxylation is 1. The number of aromatic nitrogens is 2. The molecular formula is C14H21N3O3. The summed E-state index contributed by atoms with van der Waals surface area (Å²) in [6.07, 6.45) is 2.95. The van der Waals surface area contributed by atoms with Crippen LogP contribution in [-0.2, 0) is 16.6 Å². The highest BCUT2D eigenvalue weighted by atomic mass is 16.5. The molecule has 2 heterocycles. The Balaban J connectivity index is 1.95. The third-order valence-corrected chi connectivity index (χ3v) is 3.87. The highest BCUT2D eigenvalue weighted by molar-refractivity contribution is 5.95. The molecule has 6 heteroatoms. The molecule has 0 aliphatic carbocycles. The zero-order valence-corrected chi connectivity index (χ0v) is 12.3. The predicted molar refractivity (Wildman–Crippen MR) is 73.2 cm³/mol. The van der Waals surface area contributed by atoms with Gasteiger partial charge in [0.15, 0.2) is 0 Å². The van der Waals surface area contributed by atoms with Crippen LogP contribution < -0.4 is 0 Å². The highest BCUT2D eigenvalue weighted by Gasteiger charge is 2.29. The predicted octanol–water partition coefficient (Wildman–Crippen LogP) is 1.14. The lowest BCUT2D eigenvalue weighted by Gasteiger charge is -2.30. The van der Waals surface area contributed by atoms with E-state index >= 15 is 0 Å². The highest BCUT2D eigenvalue weighted by Crippen LogP contribution is 2.21. The topological polar surface area (TPSA) is 64.4 Å². The maximum Gasteiger partial charge on any atom is 0.309 e. The first-order chi connectivity index (χ1) is 9.54. The molecule has 1 saturated heterocycles. The standard InChI is InChI=1S/C14H21N3O3/c1-4-20-14(19)11-5-7-17(8-6-11)13(18)12-9-15-16(3)10(12)2/h9,11H,4-8H2,1-3H3. The van der Waals surface area contributed by atoms with Gasteiger partial charge in [0.2, 0.25) is 0 Å². The number of likely N-dealkylation sites (tertiary alicyclic amines) is 1. The van der Waals surface area contributed by atoms with Gasteiger partial charge in [-0.15, -0.1) is 0 Å². The monoisotopic (exact) mass is 279 g/mol. The SMILES string of the molecule is CCOC(=O)C1CCN(C(=O)c2cnn(C)c2C)CC1. The molecule has 20 heavy (non-hydrogen) atoms. The number of amides is 1. The van der Waals surface area contributed by atoms with Crippen molar-refractivity contribution in [3.63, 3.8) is 0 Å². The van der Waals surface area contributed by atoms with E-state index < -0.39 is 0 Å². The van der Waals surface area contributed by atoms with Crippen molar-refractivity contribution >= 4 is 11.9 Å². The van der Waals surface area contributed by atoms with E-state index in [1.165, 1.54) is 0 Å². The molecule has 0 saturated carbocycles. The minimum absolute atomic E-state index is 0.00194. The third kappa shape index (κ3) is 2.84. The Morgan fingerprint density at radius 3 is 2.55 bits per heavy atom. The molecule has 1 aliphatic heterocycles. The van der Waals surface area contributed by atoms with Crippen LogP contribution in [0, 0.1) is 12.8 Å². The molecule has 2 rings (SSSR count). The normalized spacial score (nSPS) is 16.2. The molecule has 0 atom stereocenters. The number of hydrogen-bond donors (Lipinski definition) is 0. The molecule has 0 aromatic carbocycles. The molecule has 0 spiro atoms. The van der Waals surface area contributed by atoms with E-state index in [2.05, 4.69) is 5.10 Å². The number of carbonyl (C=O) groups excluding carboxylic acids is 2. The van der Waals surface area contributed by atoms with Gasteiger partial charge in [-0.2, -0.15) is 5.10 Å². The molecule has 0 unspecified atom stereocenters. The van der Waals surface area contributed by atoms with Gasteiger partial charge in [-0.05, 0) is 26.7 Å². The number of piperidine rings is 1. The van der Waals surface area contributed by atoms with Crippen molar-refractivity contribution in [3.05, 3.63) is 17.5 Å². The molecule has 0 radical (unpaired) electrons. The Morgan fingerprint density at radius 1 is 1.40 bits per heavy atom. The maximum atomic E-state index is 12.4. The fraction of sp³-hybridized carbons (Fsp3) is 0.643. The second-order valence-electron chi connectivity index (χ2n) is 5.09. The Hall–Kier alpha value is -1.85. The summed E-state index contributed by atoms with van der Waals surface area (Å²) in [6.45, 7) is 5.29. The zero-order chi connectivity index (χ0) is 14.7. The lowest BCUT2D eigenvalue weighted by Crippen LogP contribution is -2.40. The van der Waals surface area contributed by atoms with Crippen molar-refractivity contribution < 1.29 is 14.3 Å². The van der Waals surface area contributed by atoms with Crippen molar-refractivity contribution in [1.82, 2.24) is 14.7 Å². The van der Waals surface area contributed by atoms with Crippen LogP contribution in [0.4, 0.5) is 0 Å². The number of nitrogens with zero attached hydrogens (tertiary/aromatic N) is 3. The quantitative estimate of drug-likeness (QED) is 0.778. The molecule has 0 bridgehead atoms. The first-order valence-corrected chi connectivity index (χ1v) is 6.99. The van der Waals surface area contributed by atoms with Crippen molar-refractivity contribution in [2.24, 2.45) is 13.0 Å². The Morgan fingerprint density at radius 2 is 2.05 bits per heavy atom. The van der Waals surface area contributed by atoms with E-state index in [1.54, 1.807) is 15.8 Å². The number of ether oxygens (including phenoxy) is 1. The van der Waals surface area contributed by atoms with E-state index in [0.717, 1.165) is 5.69 Å². The average Bonchev–Trinajstić information content (AvgIpc) is 2.79. The van der Waals surface area contributed by atoms with Crippen LogP contribution in [0.15, 0.2) is 6.20 Å². The number of hydrogen-bond acceptors (Lipinski definition) is 4. The molecule has 1 aliphatic rings. The smallest absolute Gasteiger partial charge is 0.309 e. The van der Waals surface area contributed by atoms with Gasteiger partial charge in [-0.25, -0.2) is 0 Å². The molecule has 1 aromatic rings. The summed E-state index contributed by atoms with van der Waals surface area (Å²) < 4.78 is 6.72. The van der Waals surface area contributed by atoms with Gasteiger partial charge in [0.1, 0.15) is 0 Å². The molecule has 1 aromatic heterocycles. The summed E-state index contributed by atoms with van der Waals surface area (Å²) in [5, 5.41) is 4.09. The van der Waals surface area contributed by atoms with Crippen LogP contribution in [0.5, 0.6) is 0 Å². The lowest BCUT2D eigenvalue weighted by molar-refractivity contribution is -0.149. The fourth-order valence-corrected chi connectivity index (χ4v) is 2.46. The van der Waals surface area contributed by atoms with E-state index in [-0.39, 0.29) is 17.8 Å². The molecule has 1 fully saturated rings. The van der Waals surface area contributed by atoms with E-state index in [4.69, 9.17) is 4.74 Å². The molecule has 0 N–H and O–H groups in total. The van der Waals surface area contributed by atoms with Gasteiger partial charge in [0.25, 0.3) is 5.91 Å². The Labute approximate surface area is 118 Å². The molecule has 6 nitrogen and oxygen atoms in total. The second-order valence-corrected chi connectivity index (χ2v) is 5.09. The van der Waals surface area contributed by atoms with Crippen LogP contribution in [0.2, 0.25) is 0 Å². The first-order valence-electron chi connectivity index (χ1n) is 6.99. The minimum atomic E-state index is -0.142. The summed E-state index contributed by atoms with van der Waals surface area (Å²) in [4.78, 5) is 25.8. The van der Waals surface area contributed by atoms with Crippen molar-refractivity contribution in [1.29, 1.82) is 0 Å². The van der Waals surface area contributed by atoms with Crippen molar-refractivity contribution in [2.75, 3.05) is 19.7 Å². The van der Waals surface area contributed by atoms with Gasteiger partial charge in [-0.1, -0.05) is 0 Å². The van der Waals surface area contributed by atoms with Gasteiger partial charge < -0.3 is 9.64 Å². The van der Waals surface area contributed by atoms with Gasteiger partial charge in [0, 0.05) is 25.8 Å². The van der Waals surface area contributed by atoms with Crippen molar-refractivity contribution in [3.8, 4) is 0 Å². The van der Waals surface area contributed by atoms with Crippen LogP contribution in [0.1, 0.15) is 35.8 Å². The van der Waals surface area contributed by atoms with E-state index in [1.807, 2.05) is 20.9 Å². The fourth-order valence-electron chi connectivity index (χ4n) is 2.46. The van der Waals surface area contributed by atoms with Crippen LogP contribution >= 0.6 is 0 Å². The summed E-state index contributed by atoms with van der Waals surface area (Å²) in [7, 11) is 1.82. The number of carbonyl (C=O) groups is 2. The molecular weight excluding hydrogens is 258 g/mol. The van der Waals surface area contributed by atoms with Crippen molar-refractivity contribution in [2.45, 2.75) is 26.7 Å². The lowest BCUT2D eigenvalue weighted by atomic mass is 9.96. The minimum Gasteiger partial charge on any atom is -0.466 e. The largest absolute Gasteiger partial charge is 0.466 e. The summed E-state index contributed by atoms with van der Waals surface area (Å²) in [5.74, 6) is -0.218. The molecule has 110 valence electrons. The molecule has 1 amide bonds. The Bertz CT molecular complexity index is 502. The van der Waals surface area contributed by atoms with Gasteiger partial charge >= 0.3 is 5.97 Å². The Kier molecular flexibility index (Phi) is 4.42. The number of esters is 1. The summed E-state index contributed by atoms with van der Waals surface area (Å²) in [5.41, 5.74) is 1.50. The van der Waals surface area contributed by atoms with E-state index in [0.29, 0.717) is 38.1 Å². The summed E-state index contributed by atoms with van der Waals surface area (Å²) >= 11 is 0. The van der Waals surface area contributed by atoms with Gasteiger partial charge in [-0.3, -0.25) is 14.3 Å². The summed E-state index contributed by atoms with van der Waals surface area (Å²) in [6, 6.07) is 0. The zero-order valence-electron chi connectivity index (χ0n) is 12.3. The van der Waals surface area contributed by atoms with E-state index in [9.17, 15) is 9.59 Å². The number of rotatable bonds is 3. The maximum absolute atomic E-state index is 12.4. The van der Waals surface area contributed by atoms with Crippen LogP contribution in [-0.4, -0.2) is 46.3 Å². The second kappa shape index (κ2) is 6.07. The third-order valence-electron chi connectivity index (χ3n) is 3.87. The van der Waals surface area contributed by atoms with Crippen LogP contribution in [0.25, 0.3) is 0 Å². The average molecular weight is 279 g/mol. The van der Waals surface area contributed by atoms with Crippen LogP contribution in [0.3, 0.4) is 0 Å². The van der Waals surface area contributed by atoms with Gasteiger partial charge in [0.05, 0.1) is 24.3 Å².